The Morgan fingerprint density at radius 1 is 0.909 bits per heavy atom. The van der Waals surface area contributed by atoms with Crippen LogP contribution >= 0.6 is 0 Å². The summed E-state index contributed by atoms with van der Waals surface area (Å²) < 4.78 is 89.1. The lowest BCUT2D eigenvalue weighted by molar-refractivity contribution is -0.143. The number of esters is 1. The molecule has 6 rings (SSSR count). The molecule has 4 unspecified atom stereocenters. The Morgan fingerprint density at radius 3 is 2.09 bits per heavy atom. The molecule has 2 aliphatic rings. The number of aryl methyl sites for hydroxylation is 1. The van der Waals surface area contributed by atoms with E-state index in [9.17, 15) is 31.1 Å². The van der Waals surface area contributed by atoms with E-state index in [0.29, 0.717) is 43.8 Å². The fourth-order valence-corrected chi connectivity index (χ4v) is 6.81. The molecule has 1 aromatic heterocycles. The van der Waals surface area contributed by atoms with Gasteiger partial charge in [-0.15, -0.1) is 5.10 Å². The summed E-state index contributed by atoms with van der Waals surface area (Å²) >= 11 is 0. The molecule has 3 heterocycles. The van der Waals surface area contributed by atoms with Gasteiger partial charge in [-0.1, -0.05) is 60.7 Å². The van der Waals surface area contributed by atoms with Crippen molar-refractivity contribution in [1.82, 2.24) is 25.1 Å². The Hall–Kier alpha value is -4.26. The number of halogens is 6. The van der Waals surface area contributed by atoms with Crippen LogP contribution in [-0.4, -0.2) is 43.2 Å². The van der Waals surface area contributed by atoms with Crippen molar-refractivity contribution in [3.63, 3.8) is 0 Å². The van der Waals surface area contributed by atoms with E-state index in [2.05, 4.69) is 20.4 Å². The van der Waals surface area contributed by atoms with Gasteiger partial charge in [0, 0.05) is 25.6 Å². The maximum atomic E-state index is 13.6. The van der Waals surface area contributed by atoms with Gasteiger partial charge in [-0.2, -0.15) is 26.3 Å². The van der Waals surface area contributed by atoms with Gasteiger partial charge in [0.15, 0.2) is 5.82 Å². The molecular weight excluding hydrogens is 588 g/mol. The highest BCUT2D eigenvalue weighted by atomic mass is 19.4. The van der Waals surface area contributed by atoms with Crippen LogP contribution in [0, 0.1) is 0 Å². The van der Waals surface area contributed by atoms with Crippen LogP contribution in [0.3, 0.4) is 0 Å². The van der Waals surface area contributed by atoms with Crippen molar-refractivity contribution in [2.45, 2.75) is 61.8 Å². The number of hydrogen-bond donors (Lipinski definition) is 0. The molecule has 2 fully saturated rings. The van der Waals surface area contributed by atoms with Crippen LogP contribution in [0.5, 0.6) is 0 Å². The molecule has 0 radical (unpaired) electrons. The monoisotopic (exact) mass is 615 g/mol. The largest absolute Gasteiger partial charge is 0.456 e. The van der Waals surface area contributed by atoms with E-state index < -0.39 is 46.7 Å². The number of hydrogen-bond acceptors (Lipinski definition) is 6. The summed E-state index contributed by atoms with van der Waals surface area (Å²) in [7, 11) is 1.73. The number of carbonyl (C=O) groups excluding carboxylic acids is 1. The first kappa shape index (κ1) is 29.8. The van der Waals surface area contributed by atoms with Crippen molar-refractivity contribution in [1.29, 1.82) is 0 Å². The van der Waals surface area contributed by atoms with Crippen LogP contribution in [-0.2, 0) is 36.2 Å². The predicted molar refractivity (Wildman–Crippen MR) is 145 cm³/mol. The zero-order valence-electron chi connectivity index (χ0n) is 23.4. The van der Waals surface area contributed by atoms with Gasteiger partial charge in [0.1, 0.15) is 6.10 Å². The standard InChI is InChI=1S/C31H27F6N5O2/c1-41-27(38-39-40-41)24-17-29(21-10-6-3-7-11-21)26(13-12-25(24)42(29)18-19-8-4-2-5-9-19)44-28(43)20-14-22(30(32,33)34)16-23(15-20)31(35,36)37/h2-11,14-16,24-26H,12-13,17-18H2,1H3. The van der Waals surface area contributed by atoms with Crippen molar-refractivity contribution < 1.29 is 35.9 Å². The second-order valence-corrected chi connectivity index (χ2v) is 11.2. The average Bonchev–Trinajstić information content (AvgIpc) is 3.51. The maximum Gasteiger partial charge on any atom is 0.416 e. The number of aromatic nitrogens is 4. The fourth-order valence-electron chi connectivity index (χ4n) is 6.81. The Labute approximate surface area is 248 Å². The number of benzene rings is 3. The van der Waals surface area contributed by atoms with Gasteiger partial charge < -0.3 is 4.74 Å². The van der Waals surface area contributed by atoms with Gasteiger partial charge in [0.25, 0.3) is 0 Å². The molecule has 0 N–H and O–H groups in total. The highest BCUT2D eigenvalue weighted by molar-refractivity contribution is 5.90. The zero-order chi connectivity index (χ0) is 31.3. The third-order valence-corrected chi connectivity index (χ3v) is 8.69. The summed E-state index contributed by atoms with van der Waals surface area (Å²) in [6.07, 6.45) is -9.87. The molecule has 4 aromatic rings. The number of nitrogens with zero attached hydrogens (tertiary/aromatic N) is 5. The molecule has 0 saturated carbocycles. The second-order valence-electron chi connectivity index (χ2n) is 11.2. The van der Waals surface area contributed by atoms with Crippen molar-refractivity contribution in [2.75, 3.05) is 0 Å². The van der Waals surface area contributed by atoms with Crippen molar-refractivity contribution >= 4 is 5.97 Å². The summed E-state index contributed by atoms with van der Waals surface area (Å²) in [6.45, 7) is 0.442. The first-order valence-corrected chi connectivity index (χ1v) is 14.0. The first-order chi connectivity index (χ1) is 20.9. The van der Waals surface area contributed by atoms with Crippen LogP contribution < -0.4 is 0 Å². The first-order valence-electron chi connectivity index (χ1n) is 14.0. The van der Waals surface area contributed by atoms with Crippen molar-refractivity contribution in [3.05, 3.63) is 113 Å². The molecule has 7 nitrogen and oxygen atoms in total. The molecule has 13 heteroatoms. The number of carbonyl (C=O) groups is 1. The van der Waals surface area contributed by atoms with Crippen molar-refractivity contribution in [2.24, 2.45) is 7.05 Å². The van der Waals surface area contributed by atoms with Crippen LogP contribution in [0.25, 0.3) is 0 Å². The molecule has 4 atom stereocenters. The minimum Gasteiger partial charge on any atom is -0.456 e. The lowest BCUT2D eigenvalue weighted by atomic mass is 9.78. The number of piperidine rings is 1. The molecule has 2 bridgehead atoms. The Bertz CT molecular complexity index is 1610. The minimum atomic E-state index is -5.10. The van der Waals surface area contributed by atoms with Gasteiger partial charge in [0.05, 0.1) is 22.2 Å². The van der Waals surface area contributed by atoms with E-state index in [1.54, 1.807) is 11.7 Å². The van der Waals surface area contributed by atoms with E-state index in [4.69, 9.17) is 4.74 Å². The van der Waals surface area contributed by atoms with E-state index in [1.165, 1.54) is 0 Å². The summed E-state index contributed by atoms with van der Waals surface area (Å²) in [6, 6.07) is 19.6. The number of rotatable bonds is 6. The highest BCUT2D eigenvalue weighted by Crippen LogP contribution is 2.57. The SMILES string of the molecule is Cn1nnnc1C1CC2(c3ccccc3)C(OC(=O)c3cc(C(F)(F)F)cc(C(F)(F)F)c3)CCC1N2Cc1ccccc1. The topological polar surface area (TPSA) is 73.1 Å². The second kappa shape index (κ2) is 11.0. The van der Waals surface area contributed by atoms with E-state index in [-0.39, 0.29) is 18.0 Å². The average molecular weight is 616 g/mol. The van der Waals surface area contributed by atoms with Crippen LogP contribution in [0.15, 0.2) is 78.9 Å². The van der Waals surface area contributed by atoms with Gasteiger partial charge >= 0.3 is 18.3 Å². The molecule has 0 amide bonds. The lowest BCUT2D eigenvalue weighted by Gasteiger charge is -2.49. The predicted octanol–water partition coefficient (Wildman–Crippen LogP) is 6.52. The molecule has 2 aliphatic heterocycles. The lowest BCUT2D eigenvalue weighted by Crippen LogP contribution is -2.57. The summed E-state index contributed by atoms with van der Waals surface area (Å²) in [4.78, 5) is 15.8. The van der Waals surface area contributed by atoms with Gasteiger partial charge in [-0.25, -0.2) is 9.48 Å². The van der Waals surface area contributed by atoms with E-state index >= 15 is 0 Å². The summed E-state index contributed by atoms with van der Waals surface area (Å²) in [5, 5.41) is 12.1. The third-order valence-electron chi connectivity index (χ3n) is 8.69. The number of ether oxygens (including phenoxy) is 1. The molecule has 44 heavy (non-hydrogen) atoms. The molecule has 2 saturated heterocycles. The van der Waals surface area contributed by atoms with E-state index in [0.717, 1.165) is 11.1 Å². The molecule has 0 spiro atoms. The maximum absolute atomic E-state index is 13.6. The van der Waals surface area contributed by atoms with Gasteiger partial charge in [-0.05, 0) is 59.0 Å². The molecule has 3 aromatic carbocycles. The normalized spacial score (nSPS) is 23.9. The molecular formula is C31H27F6N5O2. The molecule has 230 valence electrons. The Kier molecular flexibility index (Phi) is 7.47. The summed E-state index contributed by atoms with van der Waals surface area (Å²) in [5.41, 5.74) is -3.19. The van der Waals surface area contributed by atoms with E-state index in [1.807, 2.05) is 60.7 Å². The molecule has 0 aliphatic carbocycles. The van der Waals surface area contributed by atoms with Gasteiger partial charge in [-0.3, -0.25) is 4.90 Å². The third kappa shape index (κ3) is 5.33. The van der Waals surface area contributed by atoms with Gasteiger partial charge in [0.2, 0.25) is 0 Å². The smallest absolute Gasteiger partial charge is 0.416 e. The Balaban J connectivity index is 1.45. The Morgan fingerprint density at radius 2 is 1.52 bits per heavy atom. The van der Waals surface area contributed by atoms with Crippen LogP contribution in [0.4, 0.5) is 26.3 Å². The number of alkyl halides is 6. The van der Waals surface area contributed by atoms with Crippen LogP contribution in [0.2, 0.25) is 0 Å². The highest BCUT2D eigenvalue weighted by Gasteiger charge is 2.61. The zero-order valence-corrected chi connectivity index (χ0v) is 23.4. The number of tetrazole rings is 1. The van der Waals surface area contributed by atoms with Crippen LogP contribution in [0.1, 0.15) is 63.6 Å². The van der Waals surface area contributed by atoms with Crippen molar-refractivity contribution in [3.8, 4) is 0 Å². The minimum absolute atomic E-state index is 0.00839. The fraction of sp³-hybridized carbons (Fsp3) is 0.355. The quantitative estimate of drug-likeness (QED) is 0.182. The number of fused-ring (bicyclic) bond motifs is 2. The summed E-state index contributed by atoms with van der Waals surface area (Å²) in [5.74, 6) is -0.831.